The Morgan fingerprint density at radius 2 is 2.00 bits per heavy atom. The number of carbonyl (C=O) groups excluding carboxylic acids is 1. The lowest BCUT2D eigenvalue weighted by atomic mass is 10.1. The second-order valence-electron chi connectivity index (χ2n) is 6.64. The molecule has 3 rings (SSSR count). The van der Waals surface area contributed by atoms with Crippen LogP contribution < -0.4 is 10.8 Å². The van der Waals surface area contributed by atoms with E-state index in [2.05, 4.69) is 33.4 Å². The third kappa shape index (κ3) is 4.52. The van der Waals surface area contributed by atoms with Gasteiger partial charge in [0.2, 0.25) is 0 Å². The van der Waals surface area contributed by atoms with Gasteiger partial charge in [0.15, 0.2) is 5.79 Å². The van der Waals surface area contributed by atoms with Crippen LogP contribution in [0.2, 0.25) is 0 Å². The van der Waals surface area contributed by atoms with Gasteiger partial charge >= 0.3 is 0 Å². The van der Waals surface area contributed by atoms with Crippen molar-refractivity contribution in [2.75, 3.05) is 5.32 Å². The maximum Gasteiger partial charge on any atom is 0.277 e. The summed E-state index contributed by atoms with van der Waals surface area (Å²) in [7, 11) is 0. The van der Waals surface area contributed by atoms with E-state index in [1.807, 2.05) is 25.1 Å². The van der Waals surface area contributed by atoms with Crippen LogP contribution in [0.3, 0.4) is 0 Å². The number of amides is 1. The number of aliphatic hydroxyl groups is 1. The average molecular weight is 470 g/mol. The van der Waals surface area contributed by atoms with Crippen LogP contribution in [0.25, 0.3) is 0 Å². The second-order valence-corrected chi connectivity index (χ2v) is 7.88. The maximum atomic E-state index is 13.7. The Morgan fingerprint density at radius 1 is 1.27 bits per heavy atom. The van der Waals surface area contributed by atoms with Crippen molar-refractivity contribution in [1.82, 2.24) is 5.48 Å². The predicted molar refractivity (Wildman–Crippen MR) is 105 cm³/mol. The number of hydrogen-bond donors (Lipinski definition) is 3. The third-order valence-electron chi connectivity index (χ3n) is 4.37. The van der Waals surface area contributed by atoms with E-state index in [0.29, 0.717) is 5.69 Å². The number of hydrogen-bond acceptors (Lipinski definition) is 4. The summed E-state index contributed by atoms with van der Waals surface area (Å²) in [5, 5.41) is 13.2. The number of halogens is 2. The molecule has 1 unspecified atom stereocenters. The summed E-state index contributed by atoms with van der Waals surface area (Å²) in [6.07, 6.45) is 1.72. The molecule has 7 heteroatoms. The molecule has 2 aromatic rings. The molecular weight excluding hydrogens is 450 g/mol. The van der Waals surface area contributed by atoms with Gasteiger partial charge in [-0.15, -0.1) is 0 Å². The largest absolute Gasteiger partial charge is 0.364 e. The number of benzene rings is 2. The summed E-state index contributed by atoms with van der Waals surface area (Å²) in [4.78, 5) is 17.7. The van der Waals surface area contributed by atoms with Crippen LogP contribution in [0.5, 0.6) is 0 Å². The van der Waals surface area contributed by atoms with Crippen LogP contribution in [0, 0.1) is 22.2 Å². The normalized spacial score (nSPS) is 16.0. The number of nitrogens with one attached hydrogen (secondary N) is 2. The molecule has 1 atom stereocenters. The number of hydroxylamine groups is 1. The third-order valence-corrected chi connectivity index (χ3v) is 5.04. The lowest BCUT2D eigenvalue weighted by Crippen LogP contribution is -2.39. The van der Waals surface area contributed by atoms with Crippen molar-refractivity contribution >= 4 is 39.9 Å². The number of anilines is 2. The molecule has 1 aliphatic carbocycles. The molecule has 1 amide bonds. The first kappa shape index (κ1) is 19.1. The van der Waals surface area contributed by atoms with Crippen LogP contribution in [0.4, 0.5) is 15.8 Å². The lowest BCUT2D eigenvalue weighted by Gasteiger charge is -2.23. The van der Waals surface area contributed by atoms with Gasteiger partial charge in [0.25, 0.3) is 5.91 Å². The summed E-state index contributed by atoms with van der Waals surface area (Å²) in [6, 6.07) is 9.62. The van der Waals surface area contributed by atoms with Crippen LogP contribution >= 0.6 is 22.6 Å². The summed E-state index contributed by atoms with van der Waals surface area (Å²) < 4.78 is 14.8. The summed E-state index contributed by atoms with van der Waals surface area (Å²) in [5.41, 5.74) is 4.56. The molecule has 3 N–H and O–H groups in total. The quantitative estimate of drug-likeness (QED) is 0.335. The van der Waals surface area contributed by atoms with E-state index in [0.717, 1.165) is 27.7 Å². The highest BCUT2D eigenvalue weighted by Gasteiger charge is 2.42. The fourth-order valence-corrected chi connectivity index (χ4v) is 3.28. The Kier molecular flexibility index (Phi) is 5.50. The Labute approximate surface area is 165 Å². The van der Waals surface area contributed by atoms with Crippen molar-refractivity contribution in [1.29, 1.82) is 0 Å². The minimum Gasteiger partial charge on any atom is -0.364 e. The van der Waals surface area contributed by atoms with Gasteiger partial charge in [-0.2, -0.15) is 0 Å². The molecule has 138 valence electrons. The molecule has 0 spiro atoms. The smallest absolute Gasteiger partial charge is 0.277 e. The van der Waals surface area contributed by atoms with E-state index in [4.69, 9.17) is 4.84 Å². The minimum absolute atomic E-state index is 0.0167. The molecule has 5 nitrogen and oxygen atoms in total. The highest BCUT2D eigenvalue weighted by atomic mass is 127. The van der Waals surface area contributed by atoms with Gasteiger partial charge in [-0.05, 0) is 91.2 Å². The number of carbonyl (C=O) groups is 1. The molecule has 1 saturated carbocycles. The van der Waals surface area contributed by atoms with Crippen LogP contribution in [0.1, 0.15) is 35.7 Å². The van der Waals surface area contributed by atoms with Crippen molar-refractivity contribution in [2.45, 2.75) is 32.5 Å². The molecule has 1 aliphatic rings. The molecular formula is C19H20FIN2O3. The molecule has 0 aromatic heterocycles. The Balaban J connectivity index is 1.79. The van der Waals surface area contributed by atoms with Crippen molar-refractivity contribution in [3.63, 3.8) is 0 Å². The highest BCUT2D eigenvalue weighted by Crippen LogP contribution is 2.39. The lowest BCUT2D eigenvalue weighted by molar-refractivity contribution is -0.230. The Hall–Kier alpha value is -1.71. The number of aryl methyl sites for hydroxylation is 1. The van der Waals surface area contributed by atoms with Crippen LogP contribution in [0.15, 0.2) is 36.4 Å². The van der Waals surface area contributed by atoms with Gasteiger partial charge in [-0.25, -0.2) is 14.7 Å². The zero-order valence-corrected chi connectivity index (χ0v) is 16.6. The van der Waals surface area contributed by atoms with Crippen molar-refractivity contribution in [3.05, 3.63) is 56.9 Å². The second kappa shape index (κ2) is 7.50. The maximum absolute atomic E-state index is 13.7. The van der Waals surface area contributed by atoms with Crippen LogP contribution in [-0.2, 0) is 4.84 Å². The molecule has 0 aliphatic heterocycles. The molecule has 2 aromatic carbocycles. The summed E-state index contributed by atoms with van der Waals surface area (Å²) in [6.45, 7) is 3.45. The predicted octanol–water partition coefficient (Wildman–Crippen LogP) is 4.26. The van der Waals surface area contributed by atoms with Gasteiger partial charge in [-0.1, -0.05) is 0 Å². The standard InChI is InChI=1S/C19H20FIN2O3/c1-11-9-14(21)6-8-16(11)22-17-10-13(20)5-7-15(17)18(24)23-26-19(2,25)12-3-4-12/h5-10,12,22,25H,3-4H2,1-2H3,(H,23,24). The molecule has 0 radical (unpaired) electrons. The Morgan fingerprint density at radius 3 is 2.65 bits per heavy atom. The molecule has 26 heavy (non-hydrogen) atoms. The van der Waals surface area contributed by atoms with Gasteiger partial charge in [0.05, 0.1) is 11.3 Å². The van der Waals surface area contributed by atoms with E-state index in [9.17, 15) is 14.3 Å². The monoisotopic (exact) mass is 470 g/mol. The van der Waals surface area contributed by atoms with E-state index < -0.39 is 17.5 Å². The highest BCUT2D eigenvalue weighted by molar-refractivity contribution is 14.1. The van der Waals surface area contributed by atoms with Crippen molar-refractivity contribution in [2.24, 2.45) is 5.92 Å². The van der Waals surface area contributed by atoms with Crippen molar-refractivity contribution in [3.8, 4) is 0 Å². The first-order valence-electron chi connectivity index (χ1n) is 8.30. The topological polar surface area (TPSA) is 70.6 Å². The molecule has 0 saturated heterocycles. The van der Waals surface area contributed by atoms with Gasteiger partial charge in [-0.3, -0.25) is 4.79 Å². The first-order chi connectivity index (χ1) is 12.3. The van der Waals surface area contributed by atoms with E-state index in [-0.39, 0.29) is 11.5 Å². The van der Waals surface area contributed by atoms with E-state index in [1.54, 1.807) is 0 Å². The number of rotatable bonds is 6. The molecule has 1 fully saturated rings. The minimum atomic E-state index is -1.41. The van der Waals surface area contributed by atoms with E-state index >= 15 is 0 Å². The van der Waals surface area contributed by atoms with Crippen molar-refractivity contribution < 1.29 is 19.1 Å². The van der Waals surface area contributed by atoms with Gasteiger partial charge in [0.1, 0.15) is 5.82 Å². The zero-order valence-electron chi connectivity index (χ0n) is 14.5. The van der Waals surface area contributed by atoms with Gasteiger partial charge in [0, 0.05) is 15.2 Å². The summed E-state index contributed by atoms with van der Waals surface area (Å²) >= 11 is 2.21. The molecule has 0 bridgehead atoms. The fourth-order valence-electron chi connectivity index (χ4n) is 2.64. The Bertz CT molecular complexity index is 838. The van der Waals surface area contributed by atoms with Crippen LogP contribution in [-0.4, -0.2) is 16.8 Å². The first-order valence-corrected chi connectivity index (χ1v) is 9.37. The fraction of sp³-hybridized carbons (Fsp3) is 0.316. The zero-order chi connectivity index (χ0) is 18.9. The summed E-state index contributed by atoms with van der Waals surface area (Å²) in [5.74, 6) is -2.41. The van der Waals surface area contributed by atoms with Gasteiger partial charge < -0.3 is 10.4 Å². The SMILES string of the molecule is Cc1cc(I)ccc1Nc1cc(F)ccc1C(=O)NOC(C)(O)C1CC1. The van der Waals surface area contributed by atoms with E-state index in [1.165, 1.54) is 25.1 Å². The average Bonchev–Trinajstić information content (AvgIpc) is 3.41. The molecule has 0 heterocycles.